The van der Waals surface area contributed by atoms with Crippen molar-refractivity contribution in [3.63, 3.8) is 0 Å². The zero-order chi connectivity index (χ0) is 20.9. The van der Waals surface area contributed by atoms with E-state index in [9.17, 15) is 9.90 Å². The summed E-state index contributed by atoms with van der Waals surface area (Å²) in [6.07, 6.45) is 4.60. The maximum absolute atomic E-state index is 13.2. The number of nitrogens with zero attached hydrogens (tertiary/aromatic N) is 1. The standard InChI is InChI=1S/C22H30ClN3O3/c1-12(21(24)19-16(25-2)4-5-17(29-3)20(19)23)6-18(27)26-14-7-13-8-15(26)11-22(28,9-13)10-14/h4-5,12-15,24-25,28H,6-11H2,1-3H3/p+1. The van der Waals surface area contributed by atoms with E-state index in [0.717, 1.165) is 24.9 Å². The first-order valence-corrected chi connectivity index (χ1v) is 10.9. The summed E-state index contributed by atoms with van der Waals surface area (Å²) in [5, 5.41) is 21.9. The van der Waals surface area contributed by atoms with Crippen LogP contribution in [0.15, 0.2) is 12.1 Å². The zero-order valence-electron chi connectivity index (χ0n) is 17.4. The molecule has 4 N–H and O–H groups in total. The number of quaternary nitrogens is 1. The number of ether oxygens (including phenoxy) is 1. The molecule has 0 spiro atoms. The van der Waals surface area contributed by atoms with Crippen LogP contribution in [0.25, 0.3) is 0 Å². The summed E-state index contributed by atoms with van der Waals surface area (Å²) in [5.74, 6) is 0.927. The molecule has 5 rings (SSSR count). The van der Waals surface area contributed by atoms with Gasteiger partial charge in [0.2, 0.25) is 5.91 Å². The first kappa shape index (κ1) is 20.6. The second-order valence-electron chi connectivity index (χ2n) is 9.14. The quantitative estimate of drug-likeness (QED) is 0.487. The van der Waals surface area contributed by atoms with Gasteiger partial charge in [0, 0.05) is 36.2 Å². The summed E-state index contributed by atoms with van der Waals surface area (Å²) in [6.45, 7) is 1.92. The summed E-state index contributed by atoms with van der Waals surface area (Å²) in [5.41, 5.74) is 1.31. The van der Waals surface area contributed by atoms with E-state index in [1.807, 2.05) is 30.3 Å². The van der Waals surface area contributed by atoms with Gasteiger partial charge in [-0.3, -0.25) is 4.79 Å². The van der Waals surface area contributed by atoms with E-state index in [0.29, 0.717) is 40.8 Å². The molecule has 1 aromatic rings. The van der Waals surface area contributed by atoms with Crippen LogP contribution in [0.5, 0.6) is 5.75 Å². The van der Waals surface area contributed by atoms with Gasteiger partial charge >= 0.3 is 0 Å². The molecule has 4 aliphatic rings. The highest BCUT2D eigenvalue weighted by Crippen LogP contribution is 2.51. The van der Waals surface area contributed by atoms with Crippen LogP contribution in [-0.2, 0) is 4.79 Å². The van der Waals surface area contributed by atoms with Gasteiger partial charge in [-0.05, 0) is 44.1 Å². The number of carbonyl (C=O) groups excluding carboxylic acids is 1. The Morgan fingerprint density at radius 2 is 2.03 bits per heavy atom. The molecule has 1 aromatic carbocycles. The molecule has 1 amide bonds. The van der Waals surface area contributed by atoms with Crippen molar-refractivity contribution in [3.8, 4) is 5.75 Å². The molecule has 3 atom stereocenters. The monoisotopic (exact) mass is 420 g/mol. The Hall–Kier alpha value is -1.63. The first-order chi connectivity index (χ1) is 13.8. The number of rotatable bonds is 6. The Morgan fingerprint density at radius 1 is 1.38 bits per heavy atom. The van der Waals surface area contributed by atoms with Gasteiger partial charge < -0.3 is 25.5 Å². The molecular weight excluding hydrogens is 390 g/mol. The lowest BCUT2D eigenvalue weighted by molar-refractivity contribution is -0.539. The Balaban J connectivity index is 1.51. The van der Waals surface area contributed by atoms with E-state index in [-0.39, 0.29) is 30.3 Å². The second kappa shape index (κ2) is 7.56. The van der Waals surface area contributed by atoms with Gasteiger partial charge in [0.25, 0.3) is 0 Å². The van der Waals surface area contributed by atoms with Crippen molar-refractivity contribution in [1.29, 1.82) is 5.41 Å². The van der Waals surface area contributed by atoms with Crippen LogP contribution < -0.4 is 10.1 Å². The number of hydrogen-bond acceptors (Lipinski definition) is 4. The van der Waals surface area contributed by atoms with Crippen molar-refractivity contribution in [2.24, 2.45) is 11.8 Å². The number of piperidine rings is 2. The SMILES string of the molecule is C[NH2+]c1ccc(OC)c(Cl)c1C(=N)C(C)CC(=O)N1C2CC3CC1CC(O)(C3)C2. The Morgan fingerprint density at radius 3 is 2.59 bits per heavy atom. The second-order valence-corrected chi connectivity index (χ2v) is 9.51. The van der Waals surface area contributed by atoms with Crippen molar-refractivity contribution >= 4 is 28.9 Å². The predicted molar refractivity (Wildman–Crippen MR) is 112 cm³/mol. The molecule has 0 aromatic heterocycles. The zero-order valence-corrected chi connectivity index (χ0v) is 18.1. The Kier molecular flexibility index (Phi) is 5.38. The molecule has 2 aliphatic heterocycles. The fourth-order valence-corrected chi connectivity index (χ4v) is 6.30. The minimum Gasteiger partial charge on any atom is -0.495 e. The van der Waals surface area contributed by atoms with Crippen molar-refractivity contribution < 1.29 is 20.0 Å². The average Bonchev–Trinajstić information content (AvgIpc) is 2.65. The fourth-order valence-electron chi connectivity index (χ4n) is 5.95. The Labute approximate surface area is 177 Å². The molecule has 6 nitrogen and oxygen atoms in total. The number of carbonyl (C=O) groups is 1. The number of halogens is 1. The van der Waals surface area contributed by atoms with E-state index in [4.69, 9.17) is 21.7 Å². The van der Waals surface area contributed by atoms with Crippen LogP contribution in [0.3, 0.4) is 0 Å². The lowest BCUT2D eigenvalue weighted by Gasteiger charge is -2.59. The van der Waals surface area contributed by atoms with E-state index in [1.165, 1.54) is 0 Å². The van der Waals surface area contributed by atoms with Crippen LogP contribution >= 0.6 is 11.6 Å². The van der Waals surface area contributed by atoms with Gasteiger partial charge in [0.15, 0.2) is 0 Å². The van der Waals surface area contributed by atoms with Crippen LogP contribution in [0, 0.1) is 17.2 Å². The van der Waals surface area contributed by atoms with Crippen LogP contribution in [0.1, 0.15) is 51.0 Å². The van der Waals surface area contributed by atoms with Crippen molar-refractivity contribution in [1.82, 2.24) is 4.90 Å². The summed E-state index contributed by atoms with van der Waals surface area (Å²) in [6, 6.07) is 4.00. The van der Waals surface area contributed by atoms with Crippen molar-refractivity contribution in [3.05, 3.63) is 22.7 Å². The smallest absolute Gasteiger partial charge is 0.223 e. The predicted octanol–water partition coefficient (Wildman–Crippen LogP) is 2.47. The molecule has 2 saturated carbocycles. The van der Waals surface area contributed by atoms with Gasteiger partial charge in [-0.15, -0.1) is 0 Å². The molecule has 4 fully saturated rings. The molecule has 29 heavy (non-hydrogen) atoms. The van der Waals surface area contributed by atoms with Crippen LogP contribution in [0.4, 0.5) is 5.69 Å². The summed E-state index contributed by atoms with van der Waals surface area (Å²) >= 11 is 6.52. The largest absolute Gasteiger partial charge is 0.495 e. The normalized spacial score (nSPS) is 31.1. The highest BCUT2D eigenvalue weighted by Gasteiger charge is 2.55. The maximum Gasteiger partial charge on any atom is 0.223 e. The lowest BCUT2D eigenvalue weighted by Crippen LogP contribution is -2.73. The maximum atomic E-state index is 13.2. The van der Waals surface area contributed by atoms with Gasteiger partial charge in [-0.1, -0.05) is 18.5 Å². The van der Waals surface area contributed by atoms with Crippen molar-refractivity contribution in [2.75, 3.05) is 14.2 Å². The number of nitrogens with one attached hydrogen (secondary N) is 1. The van der Waals surface area contributed by atoms with Gasteiger partial charge in [-0.2, -0.15) is 0 Å². The number of nitrogens with two attached hydrogens (primary N) is 1. The molecule has 2 aliphatic carbocycles. The van der Waals surface area contributed by atoms with Crippen molar-refractivity contribution in [2.45, 2.75) is 63.1 Å². The van der Waals surface area contributed by atoms with E-state index >= 15 is 0 Å². The minimum atomic E-state index is -0.564. The third kappa shape index (κ3) is 3.56. The summed E-state index contributed by atoms with van der Waals surface area (Å²) in [4.78, 5) is 15.3. The number of methoxy groups -OCH3 is 1. The van der Waals surface area contributed by atoms with Gasteiger partial charge in [0.1, 0.15) is 11.4 Å². The lowest BCUT2D eigenvalue weighted by atomic mass is 9.61. The highest BCUT2D eigenvalue weighted by molar-refractivity contribution is 6.36. The summed E-state index contributed by atoms with van der Waals surface area (Å²) < 4.78 is 5.32. The van der Waals surface area contributed by atoms with E-state index in [2.05, 4.69) is 0 Å². The number of benzene rings is 1. The molecule has 2 saturated heterocycles. The number of amides is 1. The van der Waals surface area contributed by atoms with Gasteiger partial charge in [0.05, 0.1) is 30.3 Å². The molecule has 7 heteroatoms. The minimum absolute atomic E-state index is 0.0979. The molecular formula is C22H31ClN3O3+. The molecule has 3 unspecified atom stereocenters. The first-order valence-electron chi connectivity index (χ1n) is 10.5. The number of hydrogen-bond donors (Lipinski definition) is 3. The van der Waals surface area contributed by atoms with E-state index in [1.54, 1.807) is 13.2 Å². The molecule has 158 valence electrons. The van der Waals surface area contributed by atoms with E-state index < -0.39 is 5.60 Å². The fraction of sp³-hybridized carbons (Fsp3) is 0.636. The van der Waals surface area contributed by atoms with Gasteiger partial charge in [-0.25, -0.2) is 0 Å². The summed E-state index contributed by atoms with van der Waals surface area (Å²) in [7, 11) is 3.47. The third-order valence-corrected chi connectivity index (χ3v) is 7.47. The average molecular weight is 421 g/mol. The molecule has 0 radical (unpaired) electrons. The topological polar surface area (TPSA) is 90.2 Å². The third-order valence-electron chi connectivity index (χ3n) is 7.10. The van der Waals surface area contributed by atoms with Crippen LogP contribution in [0.2, 0.25) is 5.02 Å². The van der Waals surface area contributed by atoms with Crippen LogP contribution in [-0.4, -0.2) is 53.5 Å². The highest BCUT2D eigenvalue weighted by atomic mass is 35.5. The molecule has 4 bridgehead atoms. The molecule has 2 heterocycles. The number of aliphatic hydroxyl groups is 1. The Bertz CT molecular complexity index is 827.